The second kappa shape index (κ2) is 6.50. The van der Waals surface area contributed by atoms with Gasteiger partial charge in [-0.3, -0.25) is 9.78 Å². The molecule has 26 heavy (non-hydrogen) atoms. The van der Waals surface area contributed by atoms with E-state index in [0.717, 1.165) is 16.6 Å². The highest BCUT2D eigenvalue weighted by Crippen LogP contribution is 2.39. The Balaban J connectivity index is 1.75. The summed E-state index contributed by atoms with van der Waals surface area (Å²) < 4.78 is 10.7. The molecule has 3 aromatic rings. The maximum absolute atomic E-state index is 13.0. The zero-order valence-corrected chi connectivity index (χ0v) is 15.1. The van der Waals surface area contributed by atoms with E-state index in [2.05, 4.69) is 10.3 Å². The number of carbonyl (C=O) groups is 1. The predicted octanol–water partition coefficient (Wildman–Crippen LogP) is 4.99. The van der Waals surface area contributed by atoms with E-state index < -0.39 is 0 Å². The number of rotatable bonds is 3. The molecule has 132 valence electrons. The van der Waals surface area contributed by atoms with Crippen molar-refractivity contribution in [3.05, 3.63) is 58.7 Å². The van der Waals surface area contributed by atoms with Crippen LogP contribution in [0, 0.1) is 0 Å². The molecule has 0 saturated heterocycles. The highest BCUT2D eigenvalue weighted by atomic mass is 35.5. The van der Waals surface area contributed by atoms with E-state index in [1.807, 2.05) is 44.2 Å². The van der Waals surface area contributed by atoms with Crippen molar-refractivity contribution < 1.29 is 14.3 Å². The zero-order valence-electron chi connectivity index (χ0n) is 14.4. The molecular formula is C20H17ClN2O3. The van der Waals surface area contributed by atoms with E-state index in [0.29, 0.717) is 27.8 Å². The molecule has 4 rings (SSSR count). The van der Waals surface area contributed by atoms with Crippen molar-refractivity contribution in [2.45, 2.75) is 19.8 Å². The fraction of sp³-hybridized carbons (Fsp3) is 0.200. The van der Waals surface area contributed by atoms with Crippen LogP contribution in [0.5, 0.6) is 11.5 Å². The lowest BCUT2D eigenvalue weighted by Crippen LogP contribution is -2.14. The first-order valence-electron chi connectivity index (χ1n) is 8.33. The van der Waals surface area contributed by atoms with Gasteiger partial charge in [0.25, 0.3) is 5.91 Å². The maximum atomic E-state index is 13.0. The monoisotopic (exact) mass is 368 g/mol. The largest absolute Gasteiger partial charge is 0.454 e. The quantitative estimate of drug-likeness (QED) is 0.707. The van der Waals surface area contributed by atoms with Gasteiger partial charge in [0.1, 0.15) is 0 Å². The van der Waals surface area contributed by atoms with Gasteiger partial charge in [0, 0.05) is 23.2 Å². The summed E-state index contributed by atoms with van der Waals surface area (Å²) in [6.45, 7) is 4.25. The van der Waals surface area contributed by atoms with Crippen molar-refractivity contribution in [2.75, 3.05) is 12.1 Å². The van der Waals surface area contributed by atoms with Crippen LogP contribution in [0.15, 0.2) is 42.5 Å². The molecule has 0 bridgehead atoms. The van der Waals surface area contributed by atoms with Gasteiger partial charge in [0.2, 0.25) is 6.79 Å². The SMILES string of the molecule is CC(C)c1cc(C(=O)Nc2cc3c(cc2Cl)OCO3)c2ccccc2n1. The minimum Gasteiger partial charge on any atom is -0.454 e. The van der Waals surface area contributed by atoms with Crippen molar-refractivity contribution in [3.8, 4) is 11.5 Å². The molecule has 0 aliphatic carbocycles. The molecule has 6 heteroatoms. The Kier molecular flexibility index (Phi) is 4.17. The Morgan fingerprint density at radius 3 is 2.65 bits per heavy atom. The number of para-hydroxylation sites is 1. The number of benzene rings is 2. The van der Waals surface area contributed by atoms with Gasteiger partial charge in [-0.15, -0.1) is 0 Å². The summed E-state index contributed by atoms with van der Waals surface area (Å²) in [4.78, 5) is 17.6. The summed E-state index contributed by atoms with van der Waals surface area (Å²) in [6.07, 6.45) is 0. The average molecular weight is 369 g/mol. The van der Waals surface area contributed by atoms with E-state index in [4.69, 9.17) is 21.1 Å². The first-order valence-corrected chi connectivity index (χ1v) is 8.71. The van der Waals surface area contributed by atoms with Crippen LogP contribution in [-0.2, 0) is 0 Å². The Morgan fingerprint density at radius 1 is 1.15 bits per heavy atom. The molecule has 0 saturated carbocycles. The van der Waals surface area contributed by atoms with Gasteiger partial charge in [-0.25, -0.2) is 0 Å². The Morgan fingerprint density at radius 2 is 1.88 bits per heavy atom. The molecule has 1 aliphatic rings. The molecule has 1 aromatic heterocycles. The highest BCUT2D eigenvalue weighted by Gasteiger charge is 2.20. The first-order chi connectivity index (χ1) is 12.5. The van der Waals surface area contributed by atoms with Crippen LogP contribution < -0.4 is 14.8 Å². The minimum absolute atomic E-state index is 0.149. The molecule has 0 fully saturated rings. The number of fused-ring (bicyclic) bond motifs is 2. The molecule has 1 N–H and O–H groups in total. The van der Waals surface area contributed by atoms with Gasteiger partial charge in [0.15, 0.2) is 11.5 Å². The number of halogens is 1. The lowest BCUT2D eigenvalue weighted by atomic mass is 10.0. The number of anilines is 1. The van der Waals surface area contributed by atoms with Crippen LogP contribution in [0.2, 0.25) is 5.02 Å². The molecule has 1 amide bonds. The third kappa shape index (κ3) is 2.95. The van der Waals surface area contributed by atoms with Gasteiger partial charge in [-0.05, 0) is 18.1 Å². The van der Waals surface area contributed by atoms with Crippen molar-refractivity contribution in [2.24, 2.45) is 0 Å². The van der Waals surface area contributed by atoms with Crippen molar-refractivity contribution >= 4 is 34.1 Å². The van der Waals surface area contributed by atoms with Crippen molar-refractivity contribution in [1.82, 2.24) is 4.98 Å². The number of hydrogen-bond donors (Lipinski definition) is 1. The van der Waals surface area contributed by atoms with Gasteiger partial charge in [0.05, 0.1) is 21.8 Å². The molecule has 0 unspecified atom stereocenters. The lowest BCUT2D eigenvalue weighted by Gasteiger charge is -2.13. The minimum atomic E-state index is -0.244. The average Bonchev–Trinajstić information content (AvgIpc) is 3.07. The predicted molar refractivity (Wildman–Crippen MR) is 101 cm³/mol. The number of aromatic nitrogens is 1. The molecule has 1 aliphatic heterocycles. The fourth-order valence-electron chi connectivity index (χ4n) is 2.88. The topological polar surface area (TPSA) is 60.5 Å². The number of nitrogens with one attached hydrogen (secondary N) is 1. The van der Waals surface area contributed by atoms with Crippen LogP contribution in [-0.4, -0.2) is 17.7 Å². The molecule has 0 spiro atoms. The molecule has 2 heterocycles. The molecule has 5 nitrogen and oxygen atoms in total. The number of hydrogen-bond acceptors (Lipinski definition) is 4. The van der Waals surface area contributed by atoms with E-state index in [9.17, 15) is 4.79 Å². The number of amides is 1. The Labute approximate surface area is 155 Å². The normalized spacial score (nSPS) is 12.6. The summed E-state index contributed by atoms with van der Waals surface area (Å²) in [5.41, 5.74) is 2.70. The van der Waals surface area contributed by atoms with Crippen LogP contribution in [0.4, 0.5) is 5.69 Å². The summed E-state index contributed by atoms with van der Waals surface area (Å²) in [7, 11) is 0. The lowest BCUT2D eigenvalue weighted by molar-refractivity contribution is 0.102. The molecule has 0 atom stereocenters. The van der Waals surface area contributed by atoms with E-state index in [-0.39, 0.29) is 18.6 Å². The summed E-state index contributed by atoms with van der Waals surface area (Å²) in [5, 5.41) is 4.07. The number of pyridine rings is 1. The van der Waals surface area contributed by atoms with Gasteiger partial charge in [-0.2, -0.15) is 0 Å². The maximum Gasteiger partial charge on any atom is 0.256 e. The molecule has 2 aromatic carbocycles. The summed E-state index contributed by atoms with van der Waals surface area (Å²) in [5.74, 6) is 1.10. The van der Waals surface area contributed by atoms with Gasteiger partial charge in [-0.1, -0.05) is 43.6 Å². The smallest absolute Gasteiger partial charge is 0.256 e. The van der Waals surface area contributed by atoms with Gasteiger partial charge >= 0.3 is 0 Å². The van der Waals surface area contributed by atoms with Crippen LogP contribution in [0.1, 0.15) is 35.8 Å². The standard InChI is InChI=1S/C20H17ClN2O3/c1-11(2)16-7-13(12-5-3-4-6-15(12)22-16)20(24)23-17-9-19-18(8-14(17)21)25-10-26-19/h3-9,11H,10H2,1-2H3,(H,23,24). The second-order valence-electron chi connectivity index (χ2n) is 6.41. The zero-order chi connectivity index (χ0) is 18.3. The van der Waals surface area contributed by atoms with Crippen molar-refractivity contribution in [3.63, 3.8) is 0 Å². The van der Waals surface area contributed by atoms with Crippen LogP contribution in [0.3, 0.4) is 0 Å². The second-order valence-corrected chi connectivity index (χ2v) is 6.81. The van der Waals surface area contributed by atoms with Crippen molar-refractivity contribution in [1.29, 1.82) is 0 Å². The third-order valence-electron chi connectivity index (χ3n) is 4.28. The van der Waals surface area contributed by atoms with E-state index in [1.165, 1.54) is 0 Å². The third-order valence-corrected chi connectivity index (χ3v) is 4.60. The summed E-state index contributed by atoms with van der Waals surface area (Å²) >= 11 is 6.28. The number of carbonyl (C=O) groups excluding carboxylic acids is 1. The van der Waals surface area contributed by atoms with E-state index >= 15 is 0 Å². The highest BCUT2D eigenvalue weighted by molar-refractivity contribution is 6.34. The summed E-state index contributed by atoms with van der Waals surface area (Å²) in [6, 6.07) is 12.8. The Hall–Kier alpha value is -2.79. The van der Waals surface area contributed by atoms with Crippen LogP contribution in [0.25, 0.3) is 10.9 Å². The number of nitrogens with zero attached hydrogens (tertiary/aromatic N) is 1. The molecular weight excluding hydrogens is 352 g/mol. The van der Waals surface area contributed by atoms with E-state index in [1.54, 1.807) is 12.1 Å². The first kappa shape index (κ1) is 16.7. The molecule has 0 radical (unpaired) electrons. The fourth-order valence-corrected chi connectivity index (χ4v) is 3.08. The number of ether oxygens (including phenoxy) is 2. The Bertz CT molecular complexity index is 1020. The van der Waals surface area contributed by atoms with Crippen LogP contribution >= 0.6 is 11.6 Å². The van der Waals surface area contributed by atoms with Gasteiger partial charge < -0.3 is 14.8 Å².